The molecule has 0 aliphatic heterocycles. The van der Waals surface area contributed by atoms with Crippen LogP contribution in [-0.2, 0) is 4.79 Å². The molecule has 0 saturated heterocycles. The van der Waals surface area contributed by atoms with Gasteiger partial charge in [0, 0.05) is 7.05 Å². The number of amides is 1. The Hall–Kier alpha value is -2.68. The Morgan fingerprint density at radius 2 is 1.75 bits per heavy atom. The molecule has 0 bridgehead atoms. The van der Waals surface area contributed by atoms with E-state index in [0.717, 1.165) is 0 Å². The van der Waals surface area contributed by atoms with Crippen LogP contribution < -0.4 is 19.5 Å². The van der Waals surface area contributed by atoms with Crippen molar-refractivity contribution in [2.24, 2.45) is 0 Å². The zero-order chi connectivity index (χ0) is 15.1. The van der Waals surface area contributed by atoms with Crippen LogP contribution in [0.3, 0.4) is 0 Å². The van der Waals surface area contributed by atoms with E-state index in [1.807, 2.05) is 6.07 Å². The fourth-order valence-corrected chi connectivity index (χ4v) is 1.63. The number of hydrogen-bond acceptors (Lipinski definition) is 5. The summed E-state index contributed by atoms with van der Waals surface area (Å²) in [6, 6.07) is 5.15. The number of rotatable bonds is 5. The summed E-state index contributed by atoms with van der Waals surface area (Å²) < 4.78 is 15.6. The lowest BCUT2D eigenvalue weighted by Gasteiger charge is -2.13. The van der Waals surface area contributed by atoms with E-state index in [2.05, 4.69) is 5.32 Å². The summed E-state index contributed by atoms with van der Waals surface area (Å²) >= 11 is 0. The number of nitrogens with one attached hydrogen (secondary N) is 1. The summed E-state index contributed by atoms with van der Waals surface area (Å²) in [5.41, 5.74) is 0.585. The van der Waals surface area contributed by atoms with Crippen LogP contribution in [0.15, 0.2) is 17.7 Å². The lowest BCUT2D eigenvalue weighted by Crippen LogP contribution is -2.19. The fraction of sp³-hybridized carbons (Fsp3) is 0.286. The first-order chi connectivity index (χ1) is 9.60. The number of carbonyl (C=O) groups is 1. The Labute approximate surface area is 117 Å². The van der Waals surface area contributed by atoms with E-state index in [1.54, 1.807) is 12.1 Å². The molecule has 0 radical (unpaired) electrons. The Kier molecular flexibility index (Phi) is 5.42. The van der Waals surface area contributed by atoms with E-state index < -0.39 is 5.91 Å². The van der Waals surface area contributed by atoms with Gasteiger partial charge in [-0.05, 0) is 23.8 Å². The van der Waals surface area contributed by atoms with Crippen molar-refractivity contribution in [1.82, 2.24) is 5.32 Å². The van der Waals surface area contributed by atoms with E-state index in [1.165, 1.54) is 34.5 Å². The average molecular weight is 276 g/mol. The molecule has 0 heterocycles. The number of methoxy groups -OCH3 is 3. The molecule has 0 unspecified atom stereocenters. The van der Waals surface area contributed by atoms with Gasteiger partial charge >= 0.3 is 0 Å². The van der Waals surface area contributed by atoms with E-state index in [4.69, 9.17) is 19.5 Å². The van der Waals surface area contributed by atoms with Crippen molar-refractivity contribution < 1.29 is 19.0 Å². The molecule has 1 amide bonds. The summed E-state index contributed by atoms with van der Waals surface area (Å²) in [6.07, 6.45) is 1.45. The Balaban J connectivity index is 3.37. The van der Waals surface area contributed by atoms with Gasteiger partial charge in [0.15, 0.2) is 11.5 Å². The van der Waals surface area contributed by atoms with Crippen molar-refractivity contribution in [3.05, 3.63) is 23.3 Å². The lowest BCUT2D eigenvalue weighted by molar-refractivity contribution is -0.116. The zero-order valence-electron chi connectivity index (χ0n) is 11.8. The number of benzene rings is 1. The van der Waals surface area contributed by atoms with Gasteiger partial charge in [0.2, 0.25) is 5.75 Å². The van der Waals surface area contributed by atoms with Gasteiger partial charge in [-0.25, -0.2) is 0 Å². The molecular formula is C14H16N2O4. The molecule has 0 fully saturated rings. The lowest BCUT2D eigenvalue weighted by atomic mass is 10.1. The second-order valence-corrected chi connectivity index (χ2v) is 3.71. The topological polar surface area (TPSA) is 80.6 Å². The zero-order valence-corrected chi connectivity index (χ0v) is 11.8. The van der Waals surface area contributed by atoms with Gasteiger partial charge in [-0.15, -0.1) is 0 Å². The molecule has 1 aromatic rings. The first-order valence-corrected chi connectivity index (χ1v) is 5.75. The first kappa shape index (κ1) is 15.4. The SMILES string of the molecule is CNC(=O)/C(C#N)=C/c1cc(OC)c(OC)c(OC)c1. The van der Waals surface area contributed by atoms with Crippen LogP contribution in [0.5, 0.6) is 17.2 Å². The third kappa shape index (κ3) is 3.20. The molecule has 0 aromatic heterocycles. The number of nitrogens with zero attached hydrogens (tertiary/aromatic N) is 1. The Bertz CT molecular complexity index is 548. The maximum atomic E-state index is 11.5. The molecule has 0 aliphatic rings. The molecule has 0 aliphatic carbocycles. The molecule has 0 atom stereocenters. The smallest absolute Gasteiger partial charge is 0.261 e. The third-order valence-corrected chi connectivity index (χ3v) is 2.59. The maximum absolute atomic E-state index is 11.5. The molecule has 6 heteroatoms. The van der Waals surface area contributed by atoms with Crippen LogP contribution in [-0.4, -0.2) is 34.3 Å². The van der Waals surface area contributed by atoms with Gasteiger partial charge in [0.05, 0.1) is 21.3 Å². The molecule has 1 N–H and O–H groups in total. The molecular weight excluding hydrogens is 260 g/mol. The minimum absolute atomic E-state index is 0.0122. The van der Waals surface area contributed by atoms with Crippen LogP contribution >= 0.6 is 0 Å². The predicted octanol–water partition coefficient (Wildman–Crippen LogP) is 1.37. The van der Waals surface area contributed by atoms with Gasteiger partial charge < -0.3 is 19.5 Å². The van der Waals surface area contributed by atoms with Crippen LogP contribution in [0.25, 0.3) is 6.08 Å². The minimum Gasteiger partial charge on any atom is -0.493 e. The fourth-order valence-electron chi connectivity index (χ4n) is 1.63. The molecule has 1 rings (SSSR count). The summed E-state index contributed by atoms with van der Waals surface area (Å²) in [5, 5.41) is 11.4. The molecule has 6 nitrogen and oxygen atoms in total. The molecule has 20 heavy (non-hydrogen) atoms. The summed E-state index contributed by atoms with van der Waals surface area (Å²) in [7, 11) is 5.95. The predicted molar refractivity (Wildman–Crippen MR) is 73.8 cm³/mol. The van der Waals surface area contributed by atoms with Crippen molar-refractivity contribution in [1.29, 1.82) is 5.26 Å². The van der Waals surface area contributed by atoms with Crippen molar-refractivity contribution in [3.63, 3.8) is 0 Å². The summed E-state index contributed by atoms with van der Waals surface area (Å²) in [6.45, 7) is 0. The highest BCUT2D eigenvalue weighted by Gasteiger charge is 2.14. The van der Waals surface area contributed by atoms with E-state index in [-0.39, 0.29) is 5.57 Å². The summed E-state index contributed by atoms with van der Waals surface area (Å²) in [4.78, 5) is 11.5. The molecule has 106 valence electrons. The number of nitriles is 1. The molecule has 1 aromatic carbocycles. The van der Waals surface area contributed by atoms with Crippen molar-refractivity contribution in [2.75, 3.05) is 28.4 Å². The van der Waals surface area contributed by atoms with Gasteiger partial charge in [-0.3, -0.25) is 4.79 Å². The summed E-state index contributed by atoms with van der Waals surface area (Å²) in [5.74, 6) is 0.895. The van der Waals surface area contributed by atoms with Crippen LogP contribution in [0, 0.1) is 11.3 Å². The van der Waals surface area contributed by atoms with Crippen LogP contribution in [0.4, 0.5) is 0 Å². The monoisotopic (exact) mass is 276 g/mol. The minimum atomic E-state index is -0.457. The molecule has 0 saturated carbocycles. The van der Waals surface area contributed by atoms with Gasteiger partial charge in [-0.1, -0.05) is 0 Å². The second-order valence-electron chi connectivity index (χ2n) is 3.71. The standard InChI is InChI=1S/C14H16N2O4/c1-16-14(17)10(8-15)5-9-6-11(18-2)13(20-4)12(7-9)19-3/h5-7H,1-4H3,(H,16,17)/b10-5+. The number of likely N-dealkylation sites (N-methyl/N-ethyl adjacent to an activating group) is 1. The Morgan fingerprint density at radius 1 is 1.20 bits per heavy atom. The Morgan fingerprint density at radius 3 is 2.10 bits per heavy atom. The van der Waals surface area contributed by atoms with Gasteiger partial charge in [0.1, 0.15) is 11.6 Å². The van der Waals surface area contributed by atoms with Gasteiger partial charge in [0.25, 0.3) is 5.91 Å². The highest BCUT2D eigenvalue weighted by molar-refractivity contribution is 6.01. The highest BCUT2D eigenvalue weighted by Crippen LogP contribution is 2.38. The van der Waals surface area contributed by atoms with Crippen molar-refractivity contribution >= 4 is 12.0 Å². The highest BCUT2D eigenvalue weighted by atomic mass is 16.5. The van der Waals surface area contributed by atoms with E-state index in [0.29, 0.717) is 22.8 Å². The van der Waals surface area contributed by atoms with Crippen LogP contribution in [0.1, 0.15) is 5.56 Å². The molecule has 0 spiro atoms. The second kappa shape index (κ2) is 7.04. The van der Waals surface area contributed by atoms with E-state index in [9.17, 15) is 4.79 Å². The average Bonchev–Trinajstić information content (AvgIpc) is 2.50. The first-order valence-electron chi connectivity index (χ1n) is 5.75. The van der Waals surface area contributed by atoms with Crippen molar-refractivity contribution in [3.8, 4) is 23.3 Å². The normalized spacial score (nSPS) is 10.4. The number of ether oxygens (including phenoxy) is 3. The van der Waals surface area contributed by atoms with Crippen LogP contribution in [0.2, 0.25) is 0 Å². The largest absolute Gasteiger partial charge is 0.493 e. The van der Waals surface area contributed by atoms with Gasteiger partial charge in [-0.2, -0.15) is 5.26 Å². The maximum Gasteiger partial charge on any atom is 0.261 e. The van der Waals surface area contributed by atoms with Crippen molar-refractivity contribution in [2.45, 2.75) is 0 Å². The van der Waals surface area contributed by atoms with E-state index >= 15 is 0 Å². The quantitative estimate of drug-likeness (QED) is 0.649. The third-order valence-electron chi connectivity index (χ3n) is 2.59. The number of hydrogen-bond donors (Lipinski definition) is 1. The number of carbonyl (C=O) groups excluding carboxylic acids is 1.